The zero-order chi connectivity index (χ0) is 21.5. The Labute approximate surface area is 179 Å². The first-order valence-corrected chi connectivity index (χ1v) is 10.8. The number of nitrogens with one attached hydrogen (secondary N) is 1. The van der Waals surface area contributed by atoms with Crippen molar-refractivity contribution in [2.75, 3.05) is 24.5 Å². The van der Waals surface area contributed by atoms with Crippen LogP contribution in [0.1, 0.15) is 49.4 Å². The van der Waals surface area contributed by atoms with Crippen molar-refractivity contribution in [3.05, 3.63) is 34.9 Å². The molecule has 2 atom stereocenters. The standard InChI is InChI=1S/C22H26ClF2N3O2/c1-14-3-2-8-21(30,11-14)12-26-20(29)19-15-4-7-18(27-17(15)6-5-16(19)23)28-10-9-22(24,25)13-28/h4-7,14,30H,2-3,8-13H2,1H3,(H,26,29)/t14-,21-/m1/s1. The fourth-order valence-electron chi connectivity index (χ4n) is 4.63. The molecule has 1 aromatic carbocycles. The molecule has 30 heavy (non-hydrogen) atoms. The molecular weight excluding hydrogens is 412 g/mol. The number of amides is 1. The molecule has 8 heteroatoms. The van der Waals surface area contributed by atoms with E-state index < -0.39 is 11.5 Å². The molecule has 0 unspecified atom stereocenters. The van der Waals surface area contributed by atoms with E-state index in [2.05, 4.69) is 17.2 Å². The number of rotatable bonds is 4. The van der Waals surface area contributed by atoms with Gasteiger partial charge in [-0.3, -0.25) is 4.79 Å². The lowest BCUT2D eigenvalue weighted by molar-refractivity contribution is -0.0109. The first-order chi connectivity index (χ1) is 14.2. The number of carbonyl (C=O) groups is 1. The molecule has 162 valence electrons. The lowest BCUT2D eigenvalue weighted by Gasteiger charge is -2.35. The van der Waals surface area contributed by atoms with Gasteiger partial charge in [-0.2, -0.15) is 0 Å². The molecule has 2 aromatic rings. The Morgan fingerprint density at radius 3 is 2.83 bits per heavy atom. The fraction of sp³-hybridized carbons (Fsp3) is 0.545. The number of benzene rings is 1. The molecule has 1 saturated heterocycles. The second kappa shape index (κ2) is 7.93. The van der Waals surface area contributed by atoms with Crippen LogP contribution in [0.25, 0.3) is 10.9 Å². The van der Waals surface area contributed by atoms with Gasteiger partial charge in [0.25, 0.3) is 11.8 Å². The van der Waals surface area contributed by atoms with Crippen LogP contribution >= 0.6 is 11.6 Å². The third kappa shape index (κ3) is 4.37. The molecule has 2 N–H and O–H groups in total. The predicted molar refractivity (Wildman–Crippen MR) is 113 cm³/mol. The number of nitrogens with zero attached hydrogens (tertiary/aromatic N) is 2. The molecule has 1 aliphatic carbocycles. The van der Waals surface area contributed by atoms with Crippen LogP contribution in [0.2, 0.25) is 5.02 Å². The summed E-state index contributed by atoms with van der Waals surface area (Å²) in [6.07, 6.45) is 3.14. The third-order valence-electron chi connectivity index (χ3n) is 6.17. The van der Waals surface area contributed by atoms with Crippen molar-refractivity contribution in [1.29, 1.82) is 0 Å². The van der Waals surface area contributed by atoms with Gasteiger partial charge in [0.1, 0.15) is 5.82 Å². The second-order valence-corrected chi connectivity index (χ2v) is 9.20. The van der Waals surface area contributed by atoms with Gasteiger partial charge < -0.3 is 15.3 Å². The Hall–Kier alpha value is -1.99. The summed E-state index contributed by atoms with van der Waals surface area (Å²) in [5, 5.41) is 14.5. The predicted octanol–water partition coefficient (Wildman–Crippen LogP) is 4.40. The molecule has 5 nitrogen and oxygen atoms in total. The molecule has 2 heterocycles. The molecule has 1 aliphatic heterocycles. The van der Waals surface area contributed by atoms with Crippen LogP contribution in [-0.4, -0.2) is 47.2 Å². The Balaban J connectivity index is 1.56. The number of aromatic nitrogens is 1. The van der Waals surface area contributed by atoms with Crippen molar-refractivity contribution in [3.8, 4) is 0 Å². The summed E-state index contributed by atoms with van der Waals surface area (Å²) in [6.45, 7) is 2.15. The van der Waals surface area contributed by atoms with Crippen LogP contribution in [0.15, 0.2) is 24.3 Å². The van der Waals surface area contributed by atoms with Gasteiger partial charge in [0.2, 0.25) is 0 Å². The van der Waals surface area contributed by atoms with Crippen LogP contribution in [0.5, 0.6) is 0 Å². The molecule has 0 radical (unpaired) electrons. The van der Waals surface area contributed by atoms with Gasteiger partial charge in [-0.1, -0.05) is 31.4 Å². The van der Waals surface area contributed by atoms with E-state index in [1.165, 1.54) is 0 Å². The molecule has 0 bridgehead atoms. The molecule has 2 fully saturated rings. The normalized spacial score (nSPS) is 26.2. The summed E-state index contributed by atoms with van der Waals surface area (Å²) < 4.78 is 27.1. The van der Waals surface area contributed by atoms with Crippen LogP contribution in [0.4, 0.5) is 14.6 Å². The fourth-order valence-corrected chi connectivity index (χ4v) is 4.88. The number of fused-ring (bicyclic) bond motifs is 1. The first-order valence-electron chi connectivity index (χ1n) is 10.4. The van der Waals surface area contributed by atoms with Gasteiger partial charge >= 0.3 is 0 Å². The summed E-state index contributed by atoms with van der Waals surface area (Å²) in [5.74, 6) is -2.21. The summed E-state index contributed by atoms with van der Waals surface area (Å²) in [4.78, 5) is 19.0. The number of halogens is 3. The quantitative estimate of drug-likeness (QED) is 0.743. The summed E-state index contributed by atoms with van der Waals surface area (Å²) in [5.41, 5.74) is -0.105. The van der Waals surface area contributed by atoms with E-state index in [0.29, 0.717) is 35.5 Å². The third-order valence-corrected chi connectivity index (χ3v) is 6.49. The first kappa shape index (κ1) is 21.2. The highest BCUT2D eigenvalue weighted by atomic mass is 35.5. The number of carbonyl (C=O) groups excluding carboxylic acids is 1. The van der Waals surface area contributed by atoms with E-state index in [4.69, 9.17) is 11.6 Å². The van der Waals surface area contributed by atoms with Crippen molar-refractivity contribution < 1.29 is 18.7 Å². The Bertz CT molecular complexity index is 971. The summed E-state index contributed by atoms with van der Waals surface area (Å²) >= 11 is 6.32. The highest BCUT2D eigenvalue weighted by molar-refractivity contribution is 6.35. The van der Waals surface area contributed by atoms with Crippen LogP contribution < -0.4 is 10.2 Å². The van der Waals surface area contributed by atoms with Crippen molar-refractivity contribution >= 4 is 34.2 Å². The number of hydrogen-bond donors (Lipinski definition) is 2. The largest absolute Gasteiger partial charge is 0.388 e. The number of pyridine rings is 1. The summed E-state index contributed by atoms with van der Waals surface area (Å²) in [7, 11) is 0. The maximum absolute atomic E-state index is 13.6. The molecule has 0 spiro atoms. The van der Waals surface area contributed by atoms with Gasteiger partial charge in [-0.25, -0.2) is 13.8 Å². The number of anilines is 1. The number of aliphatic hydroxyl groups is 1. The second-order valence-electron chi connectivity index (χ2n) is 8.79. The Kier molecular flexibility index (Phi) is 5.62. The minimum atomic E-state index is -2.71. The number of alkyl halides is 2. The SMILES string of the molecule is C[C@@H]1CCC[C@](O)(CNC(=O)c2c(Cl)ccc3nc(N4CCC(F)(F)C4)ccc23)C1. The van der Waals surface area contributed by atoms with E-state index >= 15 is 0 Å². The van der Waals surface area contributed by atoms with Gasteiger partial charge in [0.15, 0.2) is 0 Å². The number of hydrogen-bond acceptors (Lipinski definition) is 4. The molecule has 1 aromatic heterocycles. The van der Waals surface area contributed by atoms with E-state index in [1.807, 2.05) is 0 Å². The topological polar surface area (TPSA) is 65.5 Å². The van der Waals surface area contributed by atoms with Gasteiger partial charge in [-0.05, 0) is 43.0 Å². The Morgan fingerprint density at radius 1 is 1.33 bits per heavy atom. The zero-order valence-electron chi connectivity index (χ0n) is 16.9. The van der Waals surface area contributed by atoms with Gasteiger partial charge in [-0.15, -0.1) is 0 Å². The van der Waals surface area contributed by atoms with Crippen molar-refractivity contribution in [3.63, 3.8) is 0 Å². The molecule has 1 saturated carbocycles. The zero-order valence-corrected chi connectivity index (χ0v) is 17.7. The smallest absolute Gasteiger partial charge is 0.266 e. The average Bonchev–Trinajstić information content (AvgIpc) is 3.05. The molecule has 4 rings (SSSR count). The molecular formula is C22H26ClF2N3O2. The average molecular weight is 438 g/mol. The van der Waals surface area contributed by atoms with Gasteiger partial charge in [0, 0.05) is 24.9 Å². The van der Waals surface area contributed by atoms with Gasteiger partial charge in [0.05, 0.1) is 28.2 Å². The highest BCUT2D eigenvalue weighted by Gasteiger charge is 2.39. The lowest BCUT2D eigenvalue weighted by atomic mass is 9.79. The van der Waals surface area contributed by atoms with Crippen LogP contribution in [-0.2, 0) is 0 Å². The van der Waals surface area contributed by atoms with E-state index in [-0.39, 0.29) is 42.5 Å². The minimum absolute atomic E-state index is 0.164. The van der Waals surface area contributed by atoms with Crippen molar-refractivity contribution in [2.24, 2.45) is 5.92 Å². The Morgan fingerprint density at radius 2 is 2.13 bits per heavy atom. The van der Waals surface area contributed by atoms with Crippen molar-refractivity contribution in [1.82, 2.24) is 10.3 Å². The van der Waals surface area contributed by atoms with E-state index in [1.54, 1.807) is 29.2 Å². The minimum Gasteiger partial charge on any atom is -0.388 e. The summed E-state index contributed by atoms with van der Waals surface area (Å²) in [6, 6.07) is 6.62. The van der Waals surface area contributed by atoms with E-state index in [0.717, 1.165) is 12.8 Å². The maximum Gasteiger partial charge on any atom is 0.266 e. The highest BCUT2D eigenvalue weighted by Crippen LogP contribution is 2.34. The maximum atomic E-state index is 13.6. The molecule has 1 amide bonds. The molecule has 2 aliphatic rings. The monoisotopic (exact) mass is 437 g/mol. The van der Waals surface area contributed by atoms with Crippen LogP contribution in [0.3, 0.4) is 0 Å². The lowest BCUT2D eigenvalue weighted by Crippen LogP contribution is -2.45. The van der Waals surface area contributed by atoms with Crippen LogP contribution in [0, 0.1) is 5.92 Å². The van der Waals surface area contributed by atoms with E-state index in [9.17, 15) is 18.7 Å². The van der Waals surface area contributed by atoms with Crippen molar-refractivity contribution in [2.45, 2.75) is 50.6 Å².